The molecule has 34 heavy (non-hydrogen) atoms. The minimum Gasteiger partial charge on any atom is -0.508 e. The van der Waals surface area contributed by atoms with Gasteiger partial charge in [0, 0.05) is 39.3 Å². The summed E-state index contributed by atoms with van der Waals surface area (Å²) in [5, 5.41) is 9.41. The Labute approximate surface area is 203 Å². The summed E-state index contributed by atoms with van der Waals surface area (Å²) in [5.41, 5.74) is 2.27. The molecule has 8 heteroatoms. The molecule has 0 radical (unpaired) electrons. The number of hydrogen-bond acceptors (Lipinski definition) is 5. The van der Waals surface area contributed by atoms with Crippen LogP contribution < -0.4 is 0 Å². The summed E-state index contributed by atoms with van der Waals surface area (Å²) >= 11 is 0. The van der Waals surface area contributed by atoms with Crippen LogP contribution in [0.4, 0.5) is 0 Å². The Morgan fingerprint density at radius 3 is 2.15 bits per heavy atom. The molecule has 0 spiro atoms. The second-order valence-electron chi connectivity index (χ2n) is 9.52. The second-order valence-corrected chi connectivity index (χ2v) is 11.5. The number of carbonyl (C=O) groups is 1. The molecule has 2 fully saturated rings. The topological polar surface area (TPSA) is 81.2 Å². The van der Waals surface area contributed by atoms with Gasteiger partial charge in [0.2, 0.25) is 15.9 Å². The highest BCUT2D eigenvalue weighted by Crippen LogP contribution is 2.24. The zero-order chi connectivity index (χ0) is 24.1. The minimum absolute atomic E-state index is 0.145. The predicted molar refractivity (Wildman–Crippen MR) is 132 cm³/mol. The van der Waals surface area contributed by atoms with Crippen LogP contribution in [0.5, 0.6) is 5.75 Å². The van der Waals surface area contributed by atoms with Gasteiger partial charge in [-0.05, 0) is 68.4 Å². The summed E-state index contributed by atoms with van der Waals surface area (Å²) in [6.07, 6.45) is 4.14. The molecule has 0 bridgehead atoms. The maximum Gasteiger partial charge on any atom is 0.243 e. The minimum atomic E-state index is -3.49. The molecule has 0 saturated carbocycles. The lowest BCUT2D eigenvalue weighted by atomic mass is 9.90. The lowest BCUT2D eigenvalue weighted by molar-refractivity contribution is -0.134. The van der Waals surface area contributed by atoms with Crippen LogP contribution in [-0.2, 0) is 21.2 Å². The lowest BCUT2D eigenvalue weighted by Crippen LogP contribution is -2.52. The molecule has 184 valence electrons. The van der Waals surface area contributed by atoms with E-state index < -0.39 is 10.0 Å². The zero-order valence-electron chi connectivity index (χ0n) is 19.9. The van der Waals surface area contributed by atoms with E-state index in [1.165, 1.54) is 9.87 Å². The Balaban J connectivity index is 1.19. The Morgan fingerprint density at radius 1 is 0.912 bits per heavy atom. The number of carbonyl (C=O) groups excluding carboxylic acids is 1. The van der Waals surface area contributed by atoms with Crippen LogP contribution in [0.3, 0.4) is 0 Å². The Morgan fingerprint density at radius 2 is 1.53 bits per heavy atom. The standard InChI is InChI=1S/C26H35N3O4S/c1-21-2-10-25(11-3-21)34(32,33)29-18-16-27(17-19-29)20-26(31)28-14-12-23(13-15-28)5-4-22-6-8-24(30)9-7-22/h2-3,6-11,23,30H,4-5,12-20H2,1H3. The van der Waals surface area contributed by atoms with E-state index in [9.17, 15) is 18.3 Å². The van der Waals surface area contributed by atoms with E-state index in [0.717, 1.165) is 44.3 Å². The average molecular weight is 486 g/mol. The number of nitrogens with zero attached hydrogens (tertiary/aromatic N) is 3. The lowest BCUT2D eigenvalue weighted by Gasteiger charge is -2.36. The van der Waals surface area contributed by atoms with Gasteiger partial charge in [0.15, 0.2) is 0 Å². The van der Waals surface area contributed by atoms with Gasteiger partial charge in [-0.3, -0.25) is 9.69 Å². The van der Waals surface area contributed by atoms with Crippen LogP contribution in [0.25, 0.3) is 0 Å². The van der Waals surface area contributed by atoms with Gasteiger partial charge in [0.1, 0.15) is 5.75 Å². The van der Waals surface area contributed by atoms with Gasteiger partial charge < -0.3 is 10.0 Å². The van der Waals surface area contributed by atoms with Crippen molar-refractivity contribution in [2.75, 3.05) is 45.8 Å². The molecule has 2 aliphatic heterocycles. The largest absolute Gasteiger partial charge is 0.508 e. The van der Waals surface area contributed by atoms with E-state index >= 15 is 0 Å². The summed E-state index contributed by atoms with van der Waals surface area (Å²) in [6.45, 7) is 5.83. The summed E-state index contributed by atoms with van der Waals surface area (Å²) in [7, 11) is -3.49. The highest BCUT2D eigenvalue weighted by Gasteiger charge is 2.30. The molecule has 4 rings (SSSR count). The molecule has 2 aromatic rings. The van der Waals surface area contributed by atoms with Crippen LogP contribution in [-0.4, -0.2) is 79.3 Å². The first-order chi connectivity index (χ1) is 16.3. The van der Waals surface area contributed by atoms with Crippen LogP contribution in [0.15, 0.2) is 53.4 Å². The van der Waals surface area contributed by atoms with Crippen LogP contribution >= 0.6 is 0 Å². The van der Waals surface area contributed by atoms with Gasteiger partial charge in [0.25, 0.3) is 0 Å². The number of aryl methyl sites for hydroxylation is 2. The fraction of sp³-hybridized carbons (Fsp3) is 0.500. The number of aromatic hydroxyl groups is 1. The van der Waals surface area contributed by atoms with Gasteiger partial charge in [-0.1, -0.05) is 29.8 Å². The van der Waals surface area contributed by atoms with Crippen molar-refractivity contribution < 1.29 is 18.3 Å². The molecule has 2 aliphatic rings. The van der Waals surface area contributed by atoms with Crippen molar-refractivity contribution in [1.29, 1.82) is 0 Å². The van der Waals surface area contributed by atoms with Gasteiger partial charge >= 0.3 is 0 Å². The van der Waals surface area contributed by atoms with Gasteiger partial charge in [-0.25, -0.2) is 8.42 Å². The Bertz CT molecular complexity index is 1050. The number of rotatable bonds is 7. The number of piperidine rings is 1. The number of amides is 1. The SMILES string of the molecule is Cc1ccc(S(=O)(=O)N2CCN(CC(=O)N3CCC(CCc4ccc(O)cc4)CC3)CC2)cc1. The van der Waals surface area contributed by atoms with E-state index in [1.54, 1.807) is 24.3 Å². The van der Waals surface area contributed by atoms with E-state index in [4.69, 9.17) is 0 Å². The quantitative estimate of drug-likeness (QED) is 0.652. The van der Waals surface area contributed by atoms with E-state index in [0.29, 0.717) is 49.3 Å². The van der Waals surface area contributed by atoms with Crippen molar-refractivity contribution in [1.82, 2.24) is 14.1 Å². The number of likely N-dealkylation sites (tertiary alicyclic amines) is 1. The van der Waals surface area contributed by atoms with Crippen LogP contribution in [0.2, 0.25) is 0 Å². The summed E-state index contributed by atoms with van der Waals surface area (Å²) < 4.78 is 27.3. The molecular weight excluding hydrogens is 450 g/mol. The number of phenolic OH excluding ortho intramolecular Hbond substituents is 1. The third-order valence-corrected chi connectivity index (χ3v) is 9.01. The van der Waals surface area contributed by atoms with E-state index in [1.807, 2.05) is 36.1 Å². The van der Waals surface area contributed by atoms with Gasteiger partial charge in [0.05, 0.1) is 11.4 Å². The first kappa shape index (κ1) is 24.7. The molecular formula is C26H35N3O4S. The highest BCUT2D eigenvalue weighted by atomic mass is 32.2. The monoisotopic (exact) mass is 485 g/mol. The average Bonchev–Trinajstić information content (AvgIpc) is 2.84. The van der Waals surface area contributed by atoms with E-state index in [2.05, 4.69) is 4.90 Å². The molecule has 1 amide bonds. The smallest absolute Gasteiger partial charge is 0.243 e. The Kier molecular flexibility index (Phi) is 7.91. The summed E-state index contributed by atoms with van der Waals surface area (Å²) in [6, 6.07) is 14.4. The van der Waals surface area contributed by atoms with Crippen molar-refractivity contribution in [3.05, 3.63) is 59.7 Å². The fourth-order valence-electron chi connectivity index (χ4n) is 4.78. The molecule has 0 atom stereocenters. The molecule has 1 N–H and O–H groups in total. The normalized spacial score (nSPS) is 18.8. The predicted octanol–water partition coefficient (Wildman–Crippen LogP) is 2.88. The summed E-state index contributed by atoms with van der Waals surface area (Å²) in [5.74, 6) is 1.06. The molecule has 2 aromatic carbocycles. The molecule has 0 unspecified atom stereocenters. The second kappa shape index (κ2) is 10.9. The first-order valence-electron chi connectivity index (χ1n) is 12.2. The summed E-state index contributed by atoms with van der Waals surface area (Å²) in [4.78, 5) is 17.2. The third kappa shape index (κ3) is 6.17. The molecule has 7 nitrogen and oxygen atoms in total. The third-order valence-electron chi connectivity index (χ3n) is 7.09. The van der Waals surface area contributed by atoms with Gasteiger partial charge in [-0.2, -0.15) is 4.31 Å². The van der Waals surface area contributed by atoms with Crippen molar-refractivity contribution in [3.8, 4) is 5.75 Å². The number of benzene rings is 2. The van der Waals surface area contributed by atoms with Crippen molar-refractivity contribution >= 4 is 15.9 Å². The number of sulfonamides is 1. The van der Waals surface area contributed by atoms with Crippen molar-refractivity contribution in [2.45, 2.75) is 37.5 Å². The fourth-order valence-corrected chi connectivity index (χ4v) is 6.21. The molecule has 2 heterocycles. The zero-order valence-corrected chi connectivity index (χ0v) is 20.7. The van der Waals surface area contributed by atoms with Crippen LogP contribution in [0.1, 0.15) is 30.4 Å². The molecule has 0 aromatic heterocycles. The highest BCUT2D eigenvalue weighted by molar-refractivity contribution is 7.89. The first-order valence-corrected chi connectivity index (χ1v) is 13.6. The molecule has 0 aliphatic carbocycles. The maximum atomic E-state index is 12.9. The number of piperazine rings is 1. The van der Waals surface area contributed by atoms with Crippen molar-refractivity contribution in [2.24, 2.45) is 5.92 Å². The maximum absolute atomic E-state index is 12.9. The van der Waals surface area contributed by atoms with E-state index in [-0.39, 0.29) is 5.91 Å². The molecule has 2 saturated heterocycles. The van der Waals surface area contributed by atoms with Gasteiger partial charge in [-0.15, -0.1) is 0 Å². The Hall–Kier alpha value is -2.42. The van der Waals surface area contributed by atoms with Crippen LogP contribution in [0, 0.1) is 12.8 Å². The number of phenols is 1. The number of hydrogen-bond donors (Lipinski definition) is 1. The van der Waals surface area contributed by atoms with Crippen molar-refractivity contribution in [3.63, 3.8) is 0 Å².